The minimum Gasteiger partial charge on any atom is -0.469 e. The Hall–Kier alpha value is -1.14. The molecule has 0 aliphatic heterocycles. The highest BCUT2D eigenvalue weighted by molar-refractivity contribution is 5.83. The van der Waals surface area contributed by atoms with Crippen LogP contribution in [-0.2, 0) is 23.8 Å². The summed E-state index contributed by atoms with van der Waals surface area (Å²) in [6.45, 7) is 7.07. The molecule has 0 aromatic heterocycles. The third-order valence-corrected chi connectivity index (χ3v) is 10.0. The quantitative estimate of drug-likeness (QED) is 0.375. The fraction of sp³-hybridized carbons (Fsp3) is 0.923. The molecule has 0 aromatic rings. The number of rotatable bonds is 6. The summed E-state index contributed by atoms with van der Waals surface area (Å²) in [5.74, 6) is 4.85. The molecule has 5 aliphatic carbocycles. The van der Waals surface area contributed by atoms with Crippen molar-refractivity contribution in [3.05, 3.63) is 0 Å². The molecule has 1 N–H and O–H groups in total. The molecule has 0 spiro atoms. The minimum absolute atomic E-state index is 0.0406. The van der Waals surface area contributed by atoms with Crippen molar-refractivity contribution < 1.29 is 28.9 Å². The molecule has 6 nitrogen and oxygen atoms in total. The molecule has 5 saturated carbocycles. The Labute approximate surface area is 192 Å². The monoisotopic (exact) mass is 450 g/mol. The van der Waals surface area contributed by atoms with E-state index < -0.39 is 0 Å². The summed E-state index contributed by atoms with van der Waals surface area (Å²) in [6.07, 6.45) is 8.16. The number of fused-ring (bicyclic) bond motifs is 7. The van der Waals surface area contributed by atoms with E-state index in [0.29, 0.717) is 31.0 Å². The SMILES string of the molecule is CCOCOC(=O)C1C2CC(C(C)C2C)C1C(=O)OC.OCC1CC2C3CCC(C3)C2C1. The van der Waals surface area contributed by atoms with E-state index in [0.717, 1.165) is 30.1 Å². The topological polar surface area (TPSA) is 82.1 Å². The molecule has 0 saturated heterocycles. The zero-order valence-corrected chi connectivity index (χ0v) is 20.2. The van der Waals surface area contributed by atoms with Crippen molar-refractivity contribution in [2.75, 3.05) is 27.1 Å². The van der Waals surface area contributed by atoms with Crippen molar-refractivity contribution >= 4 is 11.9 Å². The van der Waals surface area contributed by atoms with Gasteiger partial charge in [-0.1, -0.05) is 13.8 Å². The molecule has 0 aromatic carbocycles. The predicted octanol–water partition coefficient (Wildman–Crippen LogP) is 3.90. The highest BCUT2D eigenvalue weighted by Crippen LogP contribution is 2.60. The molecule has 5 aliphatic rings. The lowest BCUT2D eigenvalue weighted by molar-refractivity contribution is -0.172. The third-order valence-electron chi connectivity index (χ3n) is 10.0. The number of esters is 2. The normalized spacial score (nSPS) is 45.3. The van der Waals surface area contributed by atoms with Gasteiger partial charge < -0.3 is 19.3 Å². The Kier molecular flexibility index (Phi) is 7.50. The van der Waals surface area contributed by atoms with Gasteiger partial charge in [-0.05, 0) is 98.7 Å². The van der Waals surface area contributed by atoms with Crippen LogP contribution in [0.25, 0.3) is 0 Å². The largest absolute Gasteiger partial charge is 0.469 e. The number of hydrogen-bond donors (Lipinski definition) is 1. The number of carbonyl (C=O) groups excluding carboxylic acids is 2. The van der Waals surface area contributed by atoms with Crippen LogP contribution in [0.4, 0.5) is 0 Å². The van der Waals surface area contributed by atoms with Gasteiger partial charge in [0.2, 0.25) is 0 Å². The molecular formula is C26H42O6. The van der Waals surface area contributed by atoms with Crippen LogP contribution in [0.3, 0.4) is 0 Å². The first-order chi connectivity index (χ1) is 15.4. The maximum Gasteiger partial charge on any atom is 0.312 e. The first-order valence-electron chi connectivity index (χ1n) is 12.8. The zero-order valence-electron chi connectivity index (χ0n) is 20.2. The van der Waals surface area contributed by atoms with Crippen LogP contribution >= 0.6 is 0 Å². The van der Waals surface area contributed by atoms with Crippen molar-refractivity contribution in [1.82, 2.24) is 0 Å². The fourth-order valence-electron chi connectivity index (χ4n) is 8.34. The lowest BCUT2D eigenvalue weighted by atomic mass is 9.69. The number of carbonyl (C=O) groups is 2. The average Bonchev–Trinajstić information content (AvgIpc) is 3.59. The van der Waals surface area contributed by atoms with Crippen molar-refractivity contribution in [3.63, 3.8) is 0 Å². The van der Waals surface area contributed by atoms with Gasteiger partial charge in [0.15, 0.2) is 6.79 Å². The molecule has 6 heteroatoms. The number of ether oxygens (including phenoxy) is 3. The first kappa shape index (κ1) is 24.0. The average molecular weight is 451 g/mol. The predicted molar refractivity (Wildman–Crippen MR) is 119 cm³/mol. The van der Waals surface area contributed by atoms with Gasteiger partial charge in [-0.25, -0.2) is 0 Å². The molecule has 0 heterocycles. The highest BCUT2D eigenvalue weighted by atomic mass is 16.7. The second-order valence-electron chi connectivity index (χ2n) is 11.1. The summed E-state index contributed by atoms with van der Waals surface area (Å²) in [7, 11) is 1.38. The molecule has 5 rings (SSSR count). The molecule has 5 fully saturated rings. The summed E-state index contributed by atoms with van der Waals surface area (Å²) in [4.78, 5) is 24.3. The van der Waals surface area contributed by atoms with E-state index in [2.05, 4.69) is 13.8 Å². The van der Waals surface area contributed by atoms with Crippen LogP contribution < -0.4 is 0 Å². The van der Waals surface area contributed by atoms with E-state index in [4.69, 9.17) is 19.3 Å². The Bertz CT molecular complexity index is 661. The lowest BCUT2D eigenvalue weighted by Crippen LogP contribution is -2.42. The molecule has 32 heavy (non-hydrogen) atoms. The van der Waals surface area contributed by atoms with Gasteiger partial charge >= 0.3 is 11.9 Å². The Morgan fingerprint density at radius 3 is 1.91 bits per heavy atom. The van der Waals surface area contributed by atoms with Gasteiger partial charge in [0.1, 0.15) is 0 Å². The van der Waals surface area contributed by atoms with Crippen LogP contribution in [0.2, 0.25) is 0 Å². The number of aliphatic hydroxyl groups is 1. The smallest absolute Gasteiger partial charge is 0.312 e. The Morgan fingerprint density at radius 1 is 0.844 bits per heavy atom. The van der Waals surface area contributed by atoms with E-state index >= 15 is 0 Å². The third kappa shape index (κ3) is 4.22. The van der Waals surface area contributed by atoms with Gasteiger partial charge in [-0.3, -0.25) is 9.59 Å². The van der Waals surface area contributed by atoms with E-state index in [1.54, 1.807) is 0 Å². The van der Waals surface area contributed by atoms with E-state index in [-0.39, 0.29) is 42.4 Å². The minimum atomic E-state index is -0.376. The van der Waals surface area contributed by atoms with E-state index in [1.807, 2.05) is 6.92 Å². The van der Waals surface area contributed by atoms with Crippen LogP contribution in [0.1, 0.15) is 59.3 Å². The first-order valence-corrected chi connectivity index (χ1v) is 12.8. The summed E-state index contributed by atoms with van der Waals surface area (Å²) in [5.41, 5.74) is 0. The second kappa shape index (κ2) is 10.0. The molecule has 0 amide bonds. The number of hydrogen-bond acceptors (Lipinski definition) is 6. The summed E-state index contributed by atoms with van der Waals surface area (Å²) in [5, 5.41) is 9.11. The maximum atomic E-state index is 12.3. The van der Waals surface area contributed by atoms with Gasteiger partial charge in [0.05, 0.1) is 18.9 Å². The molecule has 0 radical (unpaired) electrons. The number of methoxy groups -OCH3 is 1. The van der Waals surface area contributed by atoms with Crippen LogP contribution in [0.5, 0.6) is 0 Å². The maximum absolute atomic E-state index is 12.3. The summed E-state index contributed by atoms with van der Waals surface area (Å²) < 4.78 is 15.1. The van der Waals surface area contributed by atoms with Gasteiger partial charge in [0.25, 0.3) is 0 Å². The van der Waals surface area contributed by atoms with Crippen LogP contribution in [0, 0.1) is 65.1 Å². The van der Waals surface area contributed by atoms with E-state index in [9.17, 15) is 9.59 Å². The zero-order chi connectivity index (χ0) is 23.0. The molecule has 10 unspecified atom stereocenters. The van der Waals surface area contributed by atoms with Crippen LogP contribution in [0.15, 0.2) is 0 Å². The molecule has 10 atom stereocenters. The van der Waals surface area contributed by atoms with Gasteiger partial charge in [0, 0.05) is 13.2 Å². The molecule has 4 bridgehead atoms. The standard InChI is InChI=1S/C15H24O5.C11H18O/c1-5-19-7-20-15(17)13-11-6-10(8(2)9(11)3)12(13)14(16)18-4;12-6-7-3-10-8-1-2-9(5-8)11(10)4-7/h8-13H,5-7H2,1-4H3;7-12H,1-6H2. The van der Waals surface area contributed by atoms with Crippen molar-refractivity contribution in [1.29, 1.82) is 0 Å². The van der Waals surface area contributed by atoms with Crippen LogP contribution in [-0.4, -0.2) is 44.2 Å². The molecular weight excluding hydrogens is 408 g/mol. The fourth-order valence-corrected chi connectivity index (χ4v) is 8.34. The van der Waals surface area contributed by atoms with E-state index in [1.165, 1.54) is 39.2 Å². The summed E-state index contributed by atoms with van der Waals surface area (Å²) >= 11 is 0. The van der Waals surface area contributed by atoms with Gasteiger partial charge in [-0.15, -0.1) is 0 Å². The van der Waals surface area contributed by atoms with Crippen molar-refractivity contribution in [3.8, 4) is 0 Å². The van der Waals surface area contributed by atoms with Crippen molar-refractivity contribution in [2.24, 2.45) is 65.1 Å². The lowest BCUT2D eigenvalue weighted by Gasteiger charge is -2.35. The van der Waals surface area contributed by atoms with Crippen molar-refractivity contribution in [2.45, 2.75) is 59.3 Å². The number of aliphatic hydroxyl groups excluding tert-OH is 1. The second-order valence-corrected chi connectivity index (χ2v) is 11.1. The van der Waals surface area contributed by atoms with Gasteiger partial charge in [-0.2, -0.15) is 0 Å². The Balaban J connectivity index is 0.000000171. The highest BCUT2D eigenvalue weighted by Gasteiger charge is 2.60. The Morgan fingerprint density at radius 2 is 1.41 bits per heavy atom. The molecule has 182 valence electrons. The summed E-state index contributed by atoms with van der Waals surface area (Å²) in [6, 6.07) is 0.